The smallest absolute Gasteiger partial charge is 0.344 e. The third-order valence-electron chi connectivity index (χ3n) is 2.52. The third kappa shape index (κ3) is 3.80. The van der Waals surface area contributed by atoms with Gasteiger partial charge >= 0.3 is 5.69 Å². The van der Waals surface area contributed by atoms with Gasteiger partial charge in [0.15, 0.2) is 5.78 Å². The van der Waals surface area contributed by atoms with E-state index >= 15 is 0 Å². The van der Waals surface area contributed by atoms with Gasteiger partial charge < -0.3 is 5.32 Å². The maximum atomic E-state index is 11.7. The van der Waals surface area contributed by atoms with Crippen LogP contribution in [0.5, 0.6) is 0 Å². The predicted molar refractivity (Wildman–Crippen MR) is 65.9 cm³/mol. The molecule has 0 bridgehead atoms. The van der Waals surface area contributed by atoms with Gasteiger partial charge in [-0.3, -0.25) is 14.2 Å². The minimum Gasteiger partial charge on any atom is -0.344 e. The van der Waals surface area contributed by atoms with E-state index in [0.717, 1.165) is 0 Å². The second kappa shape index (κ2) is 6.09. The summed E-state index contributed by atoms with van der Waals surface area (Å²) < 4.78 is 1.19. The molecule has 1 amide bonds. The van der Waals surface area contributed by atoms with Crippen molar-refractivity contribution in [3.63, 3.8) is 0 Å². The van der Waals surface area contributed by atoms with Crippen LogP contribution < -0.4 is 11.0 Å². The summed E-state index contributed by atoms with van der Waals surface area (Å²) in [6.07, 6.45) is 2.84. The van der Waals surface area contributed by atoms with E-state index in [0.29, 0.717) is 0 Å². The summed E-state index contributed by atoms with van der Waals surface area (Å²) in [4.78, 5) is 37.9. The highest BCUT2D eigenvalue weighted by atomic mass is 16.2. The van der Waals surface area contributed by atoms with Crippen molar-refractivity contribution in [1.82, 2.24) is 14.9 Å². The monoisotopic (exact) mass is 251 g/mol. The molecule has 1 unspecified atom stereocenters. The van der Waals surface area contributed by atoms with Crippen molar-refractivity contribution < 1.29 is 9.59 Å². The minimum atomic E-state index is -0.523. The molecule has 1 aromatic rings. The number of hydrogen-bond donors (Lipinski definition) is 1. The van der Waals surface area contributed by atoms with Gasteiger partial charge in [-0.15, -0.1) is 0 Å². The van der Waals surface area contributed by atoms with E-state index in [2.05, 4.69) is 10.3 Å². The lowest BCUT2D eigenvalue weighted by Crippen LogP contribution is -2.45. The summed E-state index contributed by atoms with van der Waals surface area (Å²) in [5, 5.41) is 2.62. The molecule has 0 spiro atoms. The van der Waals surface area contributed by atoms with Crippen molar-refractivity contribution in [3.05, 3.63) is 28.9 Å². The van der Waals surface area contributed by atoms with Gasteiger partial charge in [0.25, 0.3) is 0 Å². The lowest BCUT2D eigenvalue weighted by atomic mass is 10.0. The highest BCUT2D eigenvalue weighted by molar-refractivity contribution is 5.87. The molecule has 1 rings (SSSR count). The first kappa shape index (κ1) is 14.1. The molecule has 6 heteroatoms. The molecule has 1 N–H and O–H groups in total. The van der Waals surface area contributed by atoms with Gasteiger partial charge in [-0.25, -0.2) is 9.78 Å². The molecule has 0 radical (unpaired) electrons. The standard InChI is InChI=1S/C12H17N3O3/c1-8(2)11(9(3)16)14-10(17)7-15-6-4-5-13-12(15)18/h4-6,8,11H,7H2,1-3H3,(H,14,17). The molecule has 0 fully saturated rings. The zero-order valence-electron chi connectivity index (χ0n) is 10.7. The number of rotatable bonds is 5. The Balaban J connectivity index is 2.70. The van der Waals surface area contributed by atoms with Crippen LogP contribution in [0.1, 0.15) is 20.8 Å². The number of ketones is 1. The highest BCUT2D eigenvalue weighted by Gasteiger charge is 2.20. The van der Waals surface area contributed by atoms with Crippen LogP contribution in [-0.2, 0) is 16.1 Å². The first-order chi connectivity index (χ1) is 8.41. The SMILES string of the molecule is CC(=O)C(NC(=O)Cn1cccnc1=O)C(C)C. The molecule has 98 valence electrons. The number of nitrogens with zero attached hydrogens (tertiary/aromatic N) is 2. The maximum absolute atomic E-state index is 11.7. The van der Waals surface area contributed by atoms with Crippen molar-refractivity contribution in [1.29, 1.82) is 0 Å². The van der Waals surface area contributed by atoms with Crippen molar-refractivity contribution in [2.75, 3.05) is 0 Å². The van der Waals surface area contributed by atoms with Crippen molar-refractivity contribution >= 4 is 11.7 Å². The molecule has 0 aliphatic carbocycles. The Morgan fingerprint density at radius 1 is 1.44 bits per heavy atom. The molecule has 0 aromatic carbocycles. The van der Waals surface area contributed by atoms with Crippen LogP contribution in [0.25, 0.3) is 0 Å². The van der Waals surface area contributed by atoms with Gasteiger partial charge in [0.05, 0.1) is 6.04 Å². The molecule has 18 heavy (non-hydrogen) atoms. The number of carbonyl (C=O) groups excluding carboxylic acids is 2. The largest absolute Gasteiger partial charge is 0.347 e. The molecule has 0 aliphatic rings. The van der Waals surface area contributed by atoms with E-state index in [1.54, 1.807) is 6.07 Å². The number of aromatic nitrogens is 2. The number of carbonyl (C=O) groups is 2. The Labute approximate surface area is 105 Å². The molecule has 1 aromatic heterocycles. The van der Waals surface area contributed by atoms with E-state index in [1.807, 2.05) is 13.8 Å². The number of hydrogen-bond acceptors (Lipinski definition) is 4. The highest BCUT2D eigenvalue weighted by Crippen LogP contribution is 2.02. The average molecular weight is 251 g/mol. The van der Waals surface area contributed by atoms with Gasteiger partial charge in [0.2, 0.25) is 5.91 Å². The molecule has 0 saturated heterocycles. The molecule has 1 heterocycles. The molecule has 6 nitrogen and oxygen atoms in total. The van der Waals surface area contributed by atoms with Gasteiger partial charge in [-0.05, 0) is 18.9 Å². The topological polar surface area (TPSA) is 81.1 Å². The quantitative estimate of drug-likeness (QED) is 0.797. The van der Waals surface area contributed by atoms with Crippen LogP contribution in [-0.4, -0.2) is 27.3 Å². The van der Waals surface area contributed by atoms with E-state index in [4.69, 9.17) is 0 Å². The summed E-state index contributed by atoms with van der Waals surface area (Å²) in [5.41, 5.74) is -0.489. The van der Waals surface area contributed by atoms with Crippen molar-refractivity contribution in [2.24, 2.45) is 5.92 Å². The third-order valence-corrected chi connectivity index (χ3v) is 2.52. The van der Waals surface area contributed by atoms with Gasteiger partial charge in [-0.1, -0.05) is 13.8 Å². The van der Waals surface area contributed by atoms with Crippen LogP contribution in [0.3, 0.4) is 0 Å². The molecular weight excluding hydrogens is 234 g/mol. The Kier molecular flexibility index (Phi) is 4.76. The van der Waals surface area contributed by atoms with Crippen molar-refractivity contribution in [2.45, 2.75) is 33.4 Å². The van der Waals surface area contributed by atoms with Crippen LogP contribution in [0.2, 0.25) is 0 Å². The molecule has 1 atom stereocenters. The summed E-state index contributed by atoms with van der Waals surface area (Å²) in [6, 6.07) is 1.05. The first-order valence-electron chi connectivity index (χ1n) is 5.73. The zero-order chi connectivity index (χ0) is 13.7. The van der Waals surface area contributed by atoms with Crippen LogP contribution >= 0.6 is 0 Å². The zero-order valence-corrected chi connectivity index (χ0v) is 10.7. The van der Waals surface area contributed by atoms with E-state index < -0.39 is 11.7 Å². The summed E-state index contributed by atoms with van der Waals surface area (Å²) >= 11 is 0. The molecule has 0 saturated carbocycles. The predicted octanol–water partition coefficient (Wildman–Crippen LogP) is -0.0269. The van der Waals surface area contributed by atoms with Gasteiger partial charge in [-0.2, -0.15) is 0 Å². The second-order valence-corrected chi connectivity index (χ2v) is 4.43. The summed E-state index contributed by atoms with van der Waals surface area (Å²) in [6.45, 7) is 5.00. The Hall–Kier alpha value is -1.98. The molecule has 0 aliphatic heterocycles. The molecular formula is C12H17N3O3. The minimum absolute atomic E-state index is 0.0112. The fourth-order valence-corrected chi connectivity index (χ4v) is 1.62. The Morgan fingerprint density at radius 3 is 2.61 bits per heavy atom. The van der Waals surface area contributed by atoms with Crippen LogP contribution in [0, 0.1) is 5.92 Å². The maximum Gasteiger partial charge on any atom is 0.347 e. The lowest BCUT2D eigenvalue weighted by molar-refractivity contribution is -0.128. The normalized spacial score (nSPS) is 12.2. The summed E-state index contributed by atoms with van der Waals surface area (Å²) in [5.74, 6) is -0.465. The Bertz CT molecular complexity index is 493. The van der Waals surface area contributed by atoms with Crippen LogP contribution in [0.4, 0.5) is 0 Å². The number of nitrogens with one attached hydrogen (secondary N) is 1. The fraction of sp³-hybridized carbons (Fsp3) is 0.500. The van der Waals surface area contributed by atoms with Crippen LogP contribution in [0.15, 0.2) is 23.3 Å². The van der Waals surface area contributed by atoms with E-state index in [1.165, 1.54) is 23.9 Å². The summed E-state index contributed by atoms with van der Waals surface area (Å²) in [7, 11) is 0. The number of amides is 1. The fourth-order valence-electron chi connectivity index (χ4n) is 1.62. The Morgan fingerprint density at radius 2 is 2.11 bits per heavy atom. The van der Waals surface area contributed by atoms with E-state index in [-0.39, 0.29) is 24.2 Å². The van der Waals surface area contributed by atoms with E-state index in [9.17, 15) is 14.4 Å². The van der Waals surface area contributed by atoms with Gasteiger partial charge in [0.1, 0.15) is 6.54 Å². The second-order valence-electron chi connectivity index (χ2n) is 4.43. The lowest BCUT2D eigenvalue weighted by Gasteiger charge is -2.19. The van der Waals surface area contributed by atoms with Crippen molar-refractivity contribution in [3.8, 4) is 0 Å². The first-order valence-corrected chi connectivity index (χ1v) is 5.73. The average Bonchev–Trinajstić information content (AvgIpc) is 2.28. The number of Topliss-reactive ketones (excluding diaryl/α,β-unsaturated/α-hetero) is 1. The van der Waals surface area contributed by atoms with Gasteiger partial charge in [0, 0.05) is 12.4 Å².